The first-order valence-electron chi connectivity index (χ1n) is 4.26. The zero-order valence-corrected chi connectivity index (χ0v) is 7.50. The summed E-state index contributed by atoms with van der Waals surface area (Å²) in [7, 11) is 0. The molecule has 0 radical (unpaired) electrons. The molecular formula is C10H10N2O2. The number of aromatic nitrogens is 2. The molecule has 4 heteroatoms. The largest absolute Gasteiger partial charge is 0.491 e. The molecule has 0 aliphatic heterocycles. The normalized spacial score (nSPS) is 10.0. The van der Waals surface area contributed by atoms with Gasteiger partial charge in [0, 0.05) is 6.07 Å². The highest BCUT2D eigenvalue weighted by Gasteiger charge is 1.99. The molecule has 2 rings (SSSR count). The van der Waals surface area contributed by atoms with Gasteiger partial charge in [0.2, 0.25) is 5.88 Å². The van der Waals surface area contributed by atoms with Crippen LogP contribution in [0.1, 0.15) is 5.56 Å². The Balaban J connectivity index is 1.99. The van der Waals surface area contributed by atoms with Crippen LogP contribution < -0.4 is 4.84 Å². The Morgan fingerprint density at radius 3 is 2.64 bits per heavy atom. The van der Waals surface area contributed by atoms with Crippen LogP contribution in [0.5, 0.6) is 5.88 Å². The second kappa shape index (κ2) is 3.83. The molecule has 0 saturated carbocycles. The second-order valence-corrected chi connectivity index (χ2v) is 2.82. The van der Waals surface area contributed by atoms with Gasteiger partial charge in [0.05, 0.1) is 6.20 Å². The van der Waals surface area contributed by atoms with Crippen LogP contribution in [0.3, 0.4) is 0 Å². The number of hydrogen-bond donors (Lipinski definition) is 1. The van der Waals surface area contributed by atoms with Crippen LogP contribution in [0, 0.1) is 0 Å². The fourth-order valence-corrected chi connectivity index (χ4v) is 1.09. The average molecular weight is 190 g/mol. The van der Waals surface area contributed by atoms with Crippen molar-refractivity contribution in [3.05, 3.63) is 48.2 Å². The van der Waals surface area contributed by atoms with Crippen LogP contribution in [0.2, 0.25) is 0 Å². The van der Waals surface area contributed by atoms with Crippen molar-refractivity contribution in [1.82, 2.24) is 9.94 Å². The van der Waals surface area contributed by atoms with Crippen LogP contribution >= 0.6 is 0 Å². The summed E-state index contributed by atoms with van der Waals surface area (Å²) in [6, 6.07) is 11.2. The Morgan fingerprint density at radius 1 is 1.21 bits per heavy atom. The highest BCUT2D eigenvalue weighted by atomic mass is 16.7. The van der Waals surface area contributed by atoms with E-state index in [1.54, 1.807) is 0 Å². The summed E-state index contributed by atoms with van der Waals surface area (Å²) in [4.78, 5) is 6.31. The van der Waals surface area contributed by atoms with Crippen molar-refractivity contribution in [2.75, 3.05) is 0 Å². The Morgan fingerprint density at radius 2 is 2.00 bits per heavy atom. The molecule has 0 unspecified atom stereocenters. The van der Waals surface area contributed by atoms with E-state index >= 15 is 0 Å². The van der Waals surface area contributed by atoms with Gasteiger partial charge in [-0.2, -0.15) is 0 Å². The first-order valence-corrected chi connectivity index (χ1v) is 4.26. The van der Waals surface area contributed by atoms with E-state index in [0.29, 0.717) is 6.61 Å². The maximum absolute atomic E-state index is 9.20. The van der Waals surface area contributed by atoms with Crippen LogP contribution in [0.4, 0.5) is 0 Å². The van der Waals surface area contributed by atoms with Crippen molar-refractivity contribution < 1.29 is 9.94 Å². The van der Waals surface area contributed by atoms with E-state index < -0.39 is 0 Å². The average Bonchev–Trinajstić information content (AvgIpc) is 2.63. The van der Waals surface area contributed by atoms with Crippen LogP contribution in [0.25, 0.3) is 0 Å². The molecule has 0 amide bonds. The molecule has 0 bridgehead atoms. The highest BCUT2D eigenvalue weighted by molar-refractivity contribution is 5.13. The van der Waals surface area contributed by atoms with Gasteiger partial charge >= 0.3 is 0 Å². The molecule has 0 atom stereocenters. The molecule has 14 heavy (non-hydrogen) atoms. The van der Waals surface area contributed by atoms with Gasteiger partial charge in [-0.1, -0.05) is 35.2 Å². The molecular weight excluding hydrogens is 180 g/mol. The third-order valence-electron chi connectivity index (χ3n) is 1.79. The fraction of sp³-hybridized carbons (Fsp3) is 0.100. The minimum atomic E-state index is 0.000862. The quantitative estimate of drug-likeness (QED) is 0.791. The van der Waals surface area contributed by atoms with Crippen LogP contribution in [0.15, 0.2) is 42.6 Å². The molecule has 0 fully saturated rings. The highest BCUT2D eigenvalue weighted by Crippen LogP contribution is 2.05. The summed E-state index contributed by atoms with van der Waals surface area (Å²) >= 11 is 0. The monoisotopic (exact) mass is 190 g/mol. The van der Waals surface area contributed by atoms with Gasteiger partial charge in [-0.25, -0.2) is 0 Å². The van der Waals surface area contributed by atoms with Gasteiger partial charge in [0.25, 0.3) is 0 Å². The van der Waals surface area contributed by atoms with E-state index in [1.807, 2.05) is 30.3 Å². The van der Waals surface area contributed by atoms with Crippen LogP contribution in [-0.4, -0.2) is 15.1 Å². The molecule has 1 heterocycles. The first kappa shape index (κ1) is 8.62. The summed E-state index contributed by atoms with van der Waals surface area (Å²) in [6.45, 7) is 0.385. The lowest BCUT2D eigenvalue weighted by molar-refractivity contribution is 0.0534. The molecule has 1 aromatic carbocycles. The summed E-state index contributed by atoms with van der Waals surface area (Å²) in [5.74, 6) is 0.000862. The zero-order valence-electron chi connectivity index (χ0n) is 7.50. The van der Waals surface area contributed by atoms with E-state index in [-0.39, 0.29) is 5.88 Å². The number of benzene rings is 1. The van der Waals surface area contributed by atoms with Gasteiger partial charge in [0.15, 0.2) is 0 Å². The number of rotatable bonds is 3. The van der Waals surface area contributed by atoms with Crippen molar-refractivity contribution >= 4 is 0 Å². The maximum atomic E-state index is 9.20. The Hall–Kier alpha value is -1.97. The standard InChI is InChI=1S/C10H10N2O2/c13-10-6-7-11-12(10)14-8-9-4-2-1-3-5-9/h1-7,13H,8H2. The van der Waals surface area contributed by atoms with E-state index in [9.17, 15) is 5.11 Å². The van der Waals surface area contributed by atoms with Crippen LogP contribution in [-0.2, 0) is 6.61 Å². The fourth-order valence-electron chi connectivity index (χ4n) is 1.09. The lowest BCUT2D eigenvalue weighted by Gasteiger charge is -2.05. The second-order valence-electron chi connectivity index (χ2n) is 2.82. The minimum absolute atomic E-state index is 0.000862. The molecule has 0 spiro atoms. The van der Waals surface area contributed by atoms with Crippen molar-refractivity contribution in [2.45, 2.75) is 6.61 Å². The molecule has 4 nitrogen and oxygen atoms in total. The maximum Gasteiger partial charge on any atom is 0.247 e. The van der Waals surface area contributed by atoms with Crippen molar-refractivity contribution in [3.8, 4) is 5.88 Å². The van der Waals surface area contributed by atoms with E-state index in [1.165, 1.54) is 12.3 Å². The van der Waals surface area contributed by atoms with E-state index in [2.05, 4.69) is 5.10 Å². The smallest absolute Gasteiger partial charge is 0.247 e. The van der Waals surface area contributed by atoms with Crippen molar-refractivity contribution in [1.29, 1.82) is 0 Å². The van der Waals surface area contributed by atoms with E-state index in [0.717, 1.165) is 10.4 Å². The van der Waals surface area contributed by atoms with Gasteiger partial charge in [0.1, 0.15) is 6.61 Å². The molecule has 1 N–H and O–H groups in total. The zero-order chi connectivity index (χ0) is 9.80. The van der Waals surface area contributed by atoms with Crippen molar-refractivity contribution in [3.63, 3.8) is 0 Å². The first-order chi connectivity index (χ1) is 6.86. The predicted octanol–water partition coefficient (Wildman–Crippen LogP) is 1.22. The minimum Gasteiger partial charge on any atom is -0.491 e. The summed E-state index contributed by atoms with van der Waals surface area (Å²) in [5, 5.41) is 13.0. The third-order valence-corrected chi connectivity index (χ3v) is 1.79. The van der Waals surface area contributed by atoms with Gasteiger partial charge < -0.3 is 9.94 Å². The summed E-state index contributed by atoms with van der Waals surface area (Å²) in [6.07, 6.45) is 1.47. The molecule has 0 aliphatic carbocycles. The number of hydrogen-bond acceptors (Lipinski definition) is 3. The number of nitrogens with zero attached hydrogens (tertiary/aromatic N) is 2. The van der Waals surface area contributed by atoms with Gasteiger partial charge in [-0.05, 0) is 5.56 Å². The molecule has 2 aromatic rings. The molecule has 0 aliphatic rings. The van der Waals surface area contributed by atoms with Crippen molar-refractivity contribution in [2.24, 2.45) is 0 Å². The lowest BCUT2D eigenvalue weighted by Crippen LogP contribution is -2.11. The molecule has 0 saturated heterocycles. The Bertz CT molecular complexity index is 398. The lowest BCUT2D eigenvalue weighted by atomic mass is 10.2. The predicted molar refractivity (Wildman–Crippen MR) is 50.6 cm³/mol. The summed E-state index contributed by atoms with van der Waals surface area (Å²) in [5.41, 5.74) is 1.03. The Labute approximate surface area is 81.3 Å². The van der Waals surface area contributed by atoms with Gasteiger partial charge in [-0.3, -0.25) is 0 Å². The Kier molecular flexibility index (Phi) is 2.36. The SMILES string of the molecule is Oc1ccnn1OCc1ccccc1. The molecule has 72 valence electrons. The summed E-state index contributed by atoms with van der Waals surface area (Å²) < 4.78 is 0. The molecule has 1 aromatic heterocycles. The van der Waals surface area contributed by atoms with E-state index in [4.69, 9.17) is 4.84 Å². The topological polar surface area (TPSA) is 47.3 Å². The number of aromatic hydroxyl groups is 1. The third kappa shape index (κ3) is 1.85. The van der Waals surface area contributed by atoms with Gasteiger partial charge in [-0.15, -0.1) is 5.10 Å².